The number of rotatable bonds is 9. The highest BCUT2D eigenvalue weighted by Gasteiger charge is 2.19. The molecular formula is C12H28N2O. The average Bonchev–Trinajstić information content (AvgIpc) is 2.19. The van der Waals surface area contributed by atoms with E-state index in [0.717, 1.165) is 32.4 Å². The molecule has 0 amide bonds. The fourth-order valence-electron chi connectivity index (χ4n) is 2.09. The van der Waals surface area contributed by atoms with Crippen LogP contribution in [0.25, 0.3) is 0 Å². The quantitative estimate of drug-likeness (QED) is 0.598. The predicted molar refractivity (Wildman–Crippen MR) is 66.1 cm³/mol. The van der Waals surface area contributed by atoms with Crippen molar-refractivity contribution in [2.24, 2.45) is 5.73 Å². The summed E-state index contributed by atoms with van der Waals surface area (Å²) in [6.07, 6.45) is 4.50. The van der Waals surface area contributed by atoms with E-state index in [1.54, 1.807) is 7.11 Å². The van der Waals surface area contributed by atoms with E-state index in [2.05, 4.69) is 25.8 Å². The summed E-state index contributed by atoms with van der Waals surface area (Å²) in [6.45, 7) is 6.32. The first kappa shape index (κ1) is 14.9. The molecule has 2 atom stereocenters. The predicted octanol–water partition coefficient (Wildman–Crippen LogP) is 1.86. The van der Waals surface area contributed by atoms with Gasteiger partial charge in [0.1, 0.15) is 0 Å². The summed E-state index contributed by atoms with van der Waals surface area (Å²) < 4.78 is 5.06. The van der Waals surface area contributed by atoms with Gasteiger partial charge in [-0.05, 0) is 26.3 Å². The van der Waals surface area contributed by atoms with Crippen molar-refractivity contribution in [1.82, 2.24) is 4.90 Å². The Kier molecular flexibility index (Phi) is 9.06. The van der Waals surface area contributed by atoms with Gasteiger partial charge in [-0.15, -0.1) is 0 Å². The van der Waals surface area contributed by atoms with Crippen molar-refractivity contribution in [3.8, 4) is 0 Å². The highest BCUT2D eigenvalue weighted by molar-refractivity contribution is 4.79. The van der Waals surface area contributed by atoms with Crippen LogP contribution in [0.2, 0.25) is 0 Å². The number of hydrogen-bond acceptors (Lipinski definition) is 3. The van der Waals surface area contributed by atoms with Gasteiger partial charge in [0.15, 0.2) is 0 Å². The Morgan fingerprint density at radius 3 is 2.47 bits per heavy atom. The zero-order chi connectivity index (χ0) is 11.7. The van der Waals surface area contributed by atoms with Crippen LogP contribution in [0.15, 0.2) is 0 Å². The molecule has 92 valence electrons. The van der Waals surface area contributed by atoms with Gasteiger partial charge in [-0.1, -0.05) is 20.3 Å². The van der Waals surface area contributed by atoms with Crippen molar-refractivity contribution >= 4 is 0 Å². The molecule has 3 heteroatoms. The third-order valence-corrected chi connectivity index (χ3v) is 2.96. The van der Waals surface area contributed by atoms with Crippen molar-refractivity contribution in [2.45, 2.75) is 51.6 Å². The zero-order valence-corrected chi connectivity index (χ0v) is 10.8. The van der Waals surface area contributed by atoms with Gasteiger partial charge in [0.05, 0.1) is 0 Å². The van der Waals surface area contributed by atoms with Gasteiger partial charge < -0.3 is 15.4 Å². The molecule has 0 saturated carbocycles. The number of likely N-dealkylation sites (N-methyl/N-ethyl adjacent to an activating group) is 1. The molecule has 0 spiro atoms. The summed E-state index contributed by atoms with van der Waals surface area (Å²) in [4.78, 5) is 2.37. The topological polar surface area (TPSA) is 38.5 Å². The number of ether oxygens (including phenoxy) is 1. The lowest BCUT2D eigenvalue weighted by molar-refractivity contribution is 0.152. The molecule has 3 nitrogen and oxygen atoms in total. The Labute approximate surface area is 95.0 Å². The molecule has 0 heterocycles. The second-order valence-electron chi connectivity index (χ2n) is 4.26. The van der Waals surface area contributed by atoms with E-state index < -0.39 is 0 Å². The fraction of sp³-hybridized carbons (Fsp3) is 1.00. The molecule has 0 aliphatic rings. The van der Waals surface area contributed by atoms with Crippen molar-refractivity contribution < 1.29 is 4.74 Å². The molecule has 0 radical (unpaired) electrons. The largest absolute Gasteiger partial charge is 0.385 e. The molecule has 0 aliphatic heterocycles. The Morgan fingerprint density at radius 1 is 1.33 bits per heavy atom. The Morgan fingerprint density at radius 2 is 2.00 bits per heavy atom. The minimum absolute atomic E-state index is 0.313. The summed E-state index contributed by atoms with van der Waals surface area (Å²) >= 11 is 0. The van der Waals surface area contributed by atoms with E-state index >= 15 is 0 Å². The van der Waals surface area contributed by atoms with Crippen molar-refractivity contribution in [3.63, 3.8) is 0 Å². The maximum absolute atomic E-state index is 6.17. The van der Waals surface area contributed by atoms with Gasteiger partial charge in [0, 0.05) is 32.3 Å². The maximum atomic E-state index is 6.17. The SMILES string of the molecule is CCCC(N)C(CC)N(C)CCCOC. The molecule has 0 rings (SSSR count). The number of nitrogens with two attached hydrogens (primary N) is 1. The molecule has 0 saturated heterocycles. The van der Waals surface area contributed by atoms with Crippen LogP contribution >= 0.6 is 0 Å². The zero-order valence-electron chi connectivity index (χ0n) is 10.8. The van der Waals surface area contributed by atoms with Crippen LogP contribution in [-0.4, -0.2) is 44.3 Å². The lowest BCUT2D eigenvalue weighted by atomic mass is 10.0. The van der Waals surface area contributed by atoms with Gasteiger partial charge >= 0.3 is 0 Å². The van der Waals surface area contributed by atoms with E-state index in [4.69, 9.17) is 10.5 Å². The monoisotopic (exact) mass is 216 g/mol. The molecular weight excluding hydrogens is 188 g/mol. The van der Waals surface area contributed by atoms with Crippen LogP contribution in [0, 0.1) is 0 Å². The molecule has 0 aliphatic carbocycles. The van der Waals surface area contributed by atoms with Crippen LogP contribution in [0.1, 0.15) is 39.5 Å². The first-order chi connectivity index (χ1) is 7.17. The highest BCUT2D eigenvalue weighted by Crippen LogP contribution is 2.10. The second-order valence-corrected chi connectivity index (χ2v) is 4.26. The van der Waals surface area contributed by atoms with E-state index in [0.29, 0.717) is 12.1 Å². The molecule has 2 unspecified atom stereocenters. The highest BCUT2D eigenvalue weighted by atomic mass is 16.5. The molecule has 15 heavy (non-hydrogen) atoms. The maximum Gasteiger partial charge on any atom is 0.0474 e. The average molecular weight is 216 g/mol. The molecule has 0 aromatic carbocycles. The summed E-state index contributed by atoms with van der Waals surface area (Å²) in [5.74, 6) is 0. The van der Waals surface area contributed by atoms with Gasteiger partial charge in [-0.2, -0.15) is 0 Å². The lowest BCUT2D eigenvalue weighted by Gasteiger charge is -2.31. The minimum Gasteiger partial charge on any atom is -0.385 e. The van der Waals surface area contributed by atoms with Crippen LogP contribution in [0.5, 0.6) is 0 Å². The first-order valence-corrected chi connectivity index (χ1v) is 6.12. The van der Waals surface area contributed by atoms with Gasteiger partial charge in [-0.3, -0.25) is 0 Å². The Balaban J connectivity index is 3.91. The van der Waals surface area contributed by atoms with Crippen LogP contribution in [0.3, 0.4) is 0 Å². The molecule has 0 fully saturated rings. The van der Waals surface area contributed by atoms with Crippen LogP contribution in [0.4, 0.5) is 0 Å². The third kappa shape index (κ3) is 6.13. The summed E-state index contributed by atoms with van der Waals surface area (Å²) in [7, 11) is 3.92. The van der Waals surface area contributed by atoms with Crippen molar-refractivity contribution in [3.05, 3.63) is 0 Å². The Hall–Kier alpha value is -0.120. The minimum atomic E-state index is 0.313. The van der Waals surface area contributed by atoms with Gasteiger partial charge in [-0.25, -0.2) is 0 Å². The first-order valence-electron chi connectivity index (χ1n) is 6.12. The number of methoxy groups -OCH3 is 1. The Bertz CT molecular complexity index is 142. The number of hydrogen-bond donors (Lipinski definition) is 1. The molecule has 2 N–H and O–H groups in total. The fourth-order valence-corrected chi connectivity index (χ4v) is 2.09. The molecule has 0 aromatic rings. The van der Waals surface area contributed by atoms with E-state index in [1.807, 2.05) is 0 Å². The van der Waals surface area contributed by atoms with Crippen LogP contribution < -0.4 is 5.73 Å². The smallest absolute Gasteiger partial charge is 0.0474 e. The normalized spacial score (nSPS) is 15.6. The summed E-state index contributed by atoms with van der Waals surface area (Å²) in [5.41, 5.74) is 6.17. The van der Waals surface area contributed by atoms with Crippen LogP contribution in [-0.2, 0) is 4.74 Å². The van der Waals surface area contributed by atoms with Gasteiger partial charge in [0.25, 0.3) is 0 Å². The van der Waals surface area contributed by atoms with E-state index in [1.165, 1.54) is 6.42 Å². The summed E-state index contributed by atoms with van der Waals surface area (Å²) in [5, 5.41) is 0. The molecule has 0 bridgehead atoms. The van der Waals surface area contributed by atoms with Crippen molar-refractivity contribution in [2.75, 3.05) is 27.3 Å². The summed E-state index contributed by atoms with van der Waals surface area (Å²) in [6, 6.07) is 0.828. The van der Waals surface area contributed by atoms with E-state index in [9.17, 15) is 0 Å². The standard InChI is InChI=1S/C12H28N2O/c1-5-8-11(13)12(6-2)14(3)9-7-10-15-4/h11-12H,5-10,13H2,1-4H3. The van der Waals surface area contributed by atoms with E-state index in [-0.39, 0.29) is 0 Å². The van der Waals surface area contributed by atoms with Gasteiger partial charge in [0.2, 0.25) is 0 Å². The third-order valence-electron chi connectivity index (χ3n) is 2.96. The van der Waals surface area contributed by atoms with Crippen molar-refractivity contribution in [1.29, 1.82) is 0 Å². The number of nitrogens with zero attached hydrogens (tertiary/aromatic N) is 1. The molecule has 0 aromatic heterocycles. The second kappa shape index (κ2) is 9.13. The lowest BCUT2D eigenvalue weighted by Crippen LogP contribution is -2.46.